The molecule has 56 valence electrons. The van der Waals surface area contributed by atoms with Crippen molar-refractivity contribution >= 4 is 5.71 Å². The third-order valence-electron chi connectivity index (χ3n) is 2.13. The highest BCUT2D eigenvalue weighted by Crippen LogP contribution is 2.31. The Hall–Kier alpha value is -1.11. The van der Waals surface area contributed by atoms with Crippen molar-refractivity contribution in [3.05, 3.63) is 36.1 Å². The fraction of sp³-hybridized carbons (Fsp3) is 0.300. The molecule has 0 spiro atoms. The van der Waals surface area contributed by atoms with Crippen LogP contribution in [0, 0.1) is 5.41 Å². The van der Waals surface area contributed by atoms with E-state index in [0.29, 0.717) is 0 Å². The van der Waals surface area contributed by atoms with Gasteiger partial charge in [0.1, 0.15) is 0 Å². The second-order valence-corrected chi connectivity index (χ2v) is 3.50. The van der Waals surface area contributed by atoms with Gasteiger partial charge in [0.05, 0.1) is 5.71 Å². The molecule has 0 N–H and O–H groups in total. The summed E-state index contributed by atoms with van der Waals surface area (Å²) in [4.78, 5) is 4.33. The maximum atomic E-state index is 4.33. The molecule has 2 rings (SSSR count). The van der Waals surface area contributed by atoms with Crippen LogP contribution in [0.4, 0.5) is 0 Å². The van der Waals surface area contributed by atoms with Crippen molar-refractivity contribution < 1.29 is 0 Å². The van der Waals surface area contributed by atoms with Gasteiger partial charge >= 0.3 is 0 Å². The maximum Gasteiger partial charge on any atom is 0.0570 e. The Morgan fingerprint density at radius 2 is 2.18 bits per heavy atom. The van der Waals surface area contributed by atoms with Crippen LogP contribution in [0.1, 0.15) is 13.8 Å². The van der Waals surface area contributed by atoms with Crippen LogP contribution < -0.4 is 0 Å². The molecule has 1 heteroatoms. The van der Waals surface area contributed by atoms with Gasteiger partial charge in [-0.15, -0.1) is 0 Å². The topological polar surface area (TPSA) is 12.4 Å². The van der Waals surface area contributed by atoms with E-state index in [1.54, 1.807) is 0 Å². The minimum atomic E-state index is 0.119. The SMILES string of the molecule is CC1(C)C=CC=C2C=CN=C21. The second-order valence-electron chi connectivity index (χ2n) is 3.50. The molecule has 1 heterocycles. The molecule has 0 aromatic rings. The number of rotatable bonds is 0. The highest BCUT2D eigenvalue weighted by Gasteiger charge is 2.27. The van der Waals surface area contributed by atoms with Gasteiger partial charge in [-0.1, -0.05) is 32.1 Å². The fourth-order valence-corrected chi connectivity index (χ4v) is 1.49. The van der Waals surface area contributed by atoms with Gasteiger partial charge in [0, 0.05) is 11.6 Å². The van der Waals surface area contributed by atoms with Crippen LogP contribution in [0.25, 0.3) is 0 Å². The summed E-state index contributed by atoms with van der Waals surface area (Å²) in [5.41, 5.74) is 2.57. The highest BCUT2D eigenvalue weighted by atomic mass is 14.8. The fourth-order valence-electron chi connectivity index (χ4n) is 1.49. The van der Waals surface area contributed by atoms with Crippen LogP contribution in [0.15, 0.2) is 41.1 Å². The highest BCUT2D eigenvalue weighted by molar-refractivity contribution is 6.10. The molecule has 0 saturated carbocycles. The van der Waals surface area contributed by atoms with Gasteiger partial charge in [-0.2, -0.15) is 0 Å². The molecule has 0 aromatic carbocycles. The van der Waals surface area contributed by atoms with Gasteiger partial charge < -0.3 is 0 Å². The molecule has 2 aliphatic rings. The summed E-state index contributed by atoms with van der Waals surface area (Å²) in [6.07, 6.45) is 10.3. The Balaban J connectivity index is 2.51. The second kappa shape index (κ2) is 1.94. The summed E-state index contributed by atoms with van der Waals surface area (Å²) in [6.45, 7) is 4.37. The van der Waals surface area contributed by atoms with Crippen molar-refractivity contribution in [3.8, 4) is 0 Å². The van der Waals surface area contributed by atoms with Gasteiger partial charge in [-0.05, 0) is 11.6 Å². The normalized spacial score (nSPS) is 24.5. The van der Waals surface area contributed by atoms with Gasteiger partial charge in [-0.3, -0.25) is 4.99 Å². The smallest absolute Gasteiger partial charge is 0.0570 e. The first-order valence-corrected chi connectivity index (χ1v) is 3.85. The van der Waals surface area contributed by atoms with Crippen LogP contribution in [-0.4, -0.2) is 5.71 Å². The minimum absolute atomic E-state index is 0.119. The van der Waals surface area contributed by atoms with E-state index in [-0.39, 0.29) is 5.41 Å². The van der Waals surface area contributed by atoms with Crippen molar-refractivity contribution in [2.75, 3.05) is 0 Å². The van der Waals surface area contributed by atoms with Gasteiger partial charge in [0.25, 0.3) is 0 Å². The maximum absolute atomic E-state index is 4.33. The number of aliphatic imine (C=N–C) groups is 1. The van der Waals surface area contributed by atoms with E-state index in [0.717, 1.165) is 0 Å². The molecule has 1 nitrogen and oxygen atoms in total. The lowest BCUT2D eigenvalue weighted by atomic mass is 9.80. The average Bonchev–Trinajstić information content (AvgIpc) is 2.34. The van der Waals surface area contributed by atoms with Gasteiger partial charge in [-0.25, -0.2) is 0 Å². The molecule has 1 aliphatic carbocycles. The zero-order valence-electron chi connectivity index (χ0n) is 6.83. The number of hydrogen-bond acceptors (Lipinski definition) is 1. The van der Waals surface area contributed by atoms with Crippen molar-refractivity contribution in [3.63, 3.8) is 0 Å². The van der Waals surface area contributed by atoms with Crippen LogP contribution in [0.3, 0.4) is 0 Å². The molecule has 0 bridgehead atoms. The third-order valence-corrected chi connectivity index (χ3v) is 2.13. The van der Waals surface area contributed by atoms with E-state index in [1.807, 2.05) is 6.20 Å². The molecule has 0 unspecified atom stereocenters. The minimum Gasteiger partial charge on any atom is -0.260 e. The third kappa shape index (κ3) is 0.881. The average molecular weight is 145 g/mol. The van der Waals surface area contributed by atoms with E-state index in [1.165, 1.54) is 11.3 Å². The molecule has 0 fully saturated rings. The van der Waals surface area contributed by atoms with E-state index in [4.69, 9.17) is 0 Å². The summed E-state index contributed by atoms with van der Waals surface area (Å²) in [5, 5.41) is 0. The van der Waals surface area contributed by atoms with Crippen LogP contribution >= 0.6 is 0 Å². The van der Waals surface area contributed by atoms with Crippen molar-refractivity contribution in [1.82, 2.24) is 0 Å². The molecule has 11 heavy (non-hydrogen) atoms. The molecular weight excluding hydrogens is 134 g/mol. The zero-order chi connectivity index (χ0) is 7.90. The van der Waals surface area contributed by atoms with Crippen LogP contribution in [-0.2, 0) is 0 Å². The lowest BCUT2D eigenvalue weighted by Gasteiger charge is -2.24. The van der Waals surface area contributed by atoms with Crippen molar-refractivity contribution in [2.24, 2.45) is 10.4 Å². The van der Waals surface area contributed by atoms with Crippen LogP contribution in [0.2, 0.25) is 0 Å². The Bertz CT molecular complexity index is 301. The summed E-state index contributed by atoms with van der Waals surface area (Å²) in [6, 6.07) is 0. The zero-order valence-corrected chi connectivity index (χ0v) is 6.83. The number of nitrogens with zero attached hydrogens (tertiary/aromatic N) is 1. The first-order chi connectivity index (χ1) is 5.20. The molecule has 0 saturated heterocycles. The largest absolute Gasteiger partial charge is 0.260 e. The Morgan fingerprint density at radius 3 is 2.91 bits per heavy atom. The molecule has 0 aromatic heterocycles. The molecule has 0 amide bonds. The summed E-state index contributed by atoms with van der Waals surface area (Å²) < 4.78 is 0. The number of hydrogen-bond donors (Lipinski definition) is 0. The lowest BCUT2D eigenvalue weighted by Crippen LogP contribution is -2.23. The van der Waals surface area contributed by atoms with Crippen LogP contribution in [0.5, 0.6) is 0 Å². The van der Waals surface area contributed by atoms with Crippen molar-refractivity contribution in [2.45, 2.75) is 13.8 Å². The Kier molecular flexibility index (Phi) is 1.16. The van der Waals surface area contributed by atoms with E-state index >= 15 is 0 Å². The standard InChI is InChI=1S/C10H11N/c1-10(2)6-3-4-8-5-7-11-9(8)10/h3-7H,1-2H3. The predicted octanol–water partition coefficient (Wildman–Crippen LogP) is 2.48. The van der Waals surface area contributed by atoms with E-state index in [9.17, 15) is 0 Å². The quantitative estimate of drug-likeness (QED) is 0.496. The Labute approximate surface area is 66.8 Å². The number of fused-ring (bicyclic) bond motifs is 1. The summed E-state index contributed by atoms with van der Waals surface area (Å²) >= 11 is 0. The van der Waals surface area contributed by atoms with Crippen molar-refractivity contribution in [1.29, 1.82) is 0 Å². The number of allylic oxidation sites excluding steroid dienone is 5. The monoisotopic (exact) mass is 145 g/mol. The first kappa shape index (κ1) is 6.59. The molecule has 1 aliphatic heterocycles. The first-order valence-electron chi connectivity index (χ1n) is 3.85. The van der Waals surface area contributed by atoms with E-state index in [2.05, 4.69) is 43.1 Å². The van der Waals surface area contributed by atoms with Gasteiger partial charge in [0.2, 0.25) is 0 Å². The summed E-state index contributed by atoms with van der Waals surface area (Å²) in [5.74, 6) is 0. The molecular formula is C10H11N. The lowest BCUT2D eigenvalue weighted by molar-refractivity contribution is 0.675. The predicted molar refractivity (Wildman–Crippen MR) is 47.6 cm³/mol. The molecule has 0 atom stereocenters. The van der Waals surface area contributed by atoms with Gasteiger partial charge in [0.15, 0.2) is 0 Å². The molecule has 0 radical (unpaired) electrons. The summed E-state index contributed by atoms with van der Waals surface area (Å²) in [7, 11) is 0. The Morgan fingerprint density at radius 1 is 1.36 bits per heavy atom. The van der Waals surface area contributed by atoms with E-state index < -0.39 is 0 Å².